The molecular weight excluding hydrogens is 360 g/mol. The number of Topliss-reactive ketones (excluding diaryl/α,β-unsaturated/α-hetero) is 1. The summed E-state index contributed by atoms with van der Waals surface area (Å²) >= 11 is 7.04. The monoisotopic (exact) mass is 376 g/mol. The Kier molecular flexibility index (Phi) is 5.69. The molecule has 0 spiro atoms. The highest BCUT2D eigenvalue weighted by Gasteiger charge is 2.32. The first-order valence-electron chi connectivity index (χ1n) is 6.28. The largest absolute Gasteiger partial charge is 0.495 e. The normalized spacial score (nSPS) is 22.4. The number of ether oxygens (including phenoxy) is 2. The summed E-state index contributed by atoms with van der Waals surface area (Å²) in [4.78, 5) is 12.8. The van der Waals surface area contributed by atoms with Gasteiger partial charge >= 0.3 is 0 Å². The van der Waals surface area contributed by atoms with Gasteiger partial charge in [-0.2, -0.15) is 11.8 Å². The van der Waals surface area contributed by atoms with E-state index in [0.717, 1.165) is 11.5 Å². The molecule has 0 aliphatic carbocycles. The number of thioether (sulfide) groups is 2. The van der Waals surface area contributed by atoms with Gasteiger partial charge < -0.3 is 9.47 Å². The smallest absolute Gasteiger partial charge is 0.180 e. The Morgan fingerprint density at radius 2 is 1.95 bits per heavy atom. The number of carbonyl (C=O) groups excluding carboxylic acids is 1. The fourth-order valence-corrected chi connectivity index (χ4v) is 5.55. The first-order valence-corrected chi connectivity index (χ1v) is 9.17. The molecule has 1 aromatic rings. The zero-order chi connectivity index (χ0) is 14.7. The molecule has 0 amide bonds. The second-order valence-corrected chi connectivity index (χ2v) is 7.92. The van der Waals surface area contributed by atoms with Crippen molar-refractivity contribution in [3.63, 3.8) is 0 Å². The van der Waals surface area contributed by atoms with Gasteiger partial charge in [-0.15, -0.1) is 11.8 Å². The van der Waals surface area contributed by atoms with Crippen LogP contribution >= 0.6 is 39.5 Å². The Bertz CT molecular complexity index is 507. The lowest BCUT2D eigenvalue weighted by Gasteiger charge is -2.27. The number of rotatable bonds is 4. The second-order valence-electron chi connectivity index (χ2n) is 4.39. The summed E-state index contributed by atoms with van der Waals surface area (Å²) in [6.45, 7) is 2.12. The molecule has 2 atom stereocenters. The molecule has 1 aromatic carbocycles. The van der Waals surface area contributed by atoms with Gasteiger partial charge in [0.1, 0.15) is 16.0 Å². The van der Waals surface area contributed by atoms with Gasteiger partial charge in [-0.25, -0.2) is 0 Å². The molecule has 3 nitrogen and oxygen atoms in total. The van der Waals surface area contributed by atoms with Gasteiger partial charge in [0.05, 0.1) is 25.0 Å². The topological polar surface area (TPSA) is 35.5 Å². The summed E-state index contributed by atoms with van der Waals surface area (Å²) in [6.07, 6.45) is 0. The Morgan fingerprint density at radius 1 is 1.25 bits per heavy atom. The molecule has 2 unspecified atom stereocenters. The van der Waals surface area contributed by atoms with E-state index in [4.69, 9.17) is 9.47 Å². The van der Waals surface area contributed by atoms with Crippen LogP contribution < -0.4 is 9.47 Å². The molecule has 20 heavy (non-hydrogen) atoms. The molecule has 2 rings (SSSR count). The molecule has 1 aliphatic rings. The molecule has 1 heterocycles. The molecule has 1 fully saturated rings. The van der Waals surface area contributed by atoms with Crippen LogP contribution in [0.2, 0.25) is 0 Å². The summed E-state index contributed by atoms with van der Waals surface area (Å²) in [6, 6.07) is 3.59. The minimum atomic E-state index is -0.0112. The lowest BCUT2D eigenvalue weighted by atomic mass is 10.0. The predicted molar refractivity (Wildman–Crippen MR) is 89.7 cm³/mol. The number of halogens is 1. The lowest BCUT2D eigenvalue weighted by Crippen LogP contribution is -2.31. The summed E-state index contributed by atoms with van der Waals surface area (Å²) in [5, 5.41) is 0.315. The van der Waals surface area contributed by atoms with Crippen molar-refractivity contribution in [1.82, 2.24) is 0 Å². The van der Waals surface area contributed by atoms with Crippen LogP contribution in [0.25, 0.3) is 0 Å². The molecular formula is C14H17BrO3S2. The van der Waals surface area contributed by atoms with Gasteiger partial charge in [0, 0.05) is 16.8 Å². The number of benzene rings is 1. The maximum atomic E-state index is 12.8. The van der Waals surface area contributed by atoms with Crippen LogP contribution in [0.5, 0.6) is 11.5 Å². The summed E-state index contributed by atoms with van der Waals surface area (Å²) in [5.74, 6) is 3.48. The number of carbonyl (C=O) groups is 1. The van der Waals surface area contributed by atoms with Crippen LogP contribution in [0.3, 0.4) is 0 Å². The van der Waals surface area contributed by atoms with Crippen LogP contribution in [0.4, 0.5) is 0 Å². The van der Waals surface area contributed by atoms with Gasteiger partial charge in [0.15, 0.2) is 5.78 Å². The highest BCUT2D eigenvalue weighted by atomic mass is 79.9. The summed E-state index contributed by atoms with van der Waals surface area (Å²) < 4.78 is 11.3. The summed E-state index contributed by atoms with van der Waals surface area (Å²) in [5.41, 5.74) is 0.618. The van der Waals surface area contributed by atoms with Crippen LogP contribution in [0, 0.1) is 0 Å². The number of ketones is 1. The van der Waals surface area contributed by atoms with E-state index in [1.807, 2.05) is 11.8 Å². The zero-order valence-electron chi connectivity index (χ0n) is 11.6. The molecule has 110 valence electrons. The van der Waals surface area contributed by atoms with Crippen LogP contribution in [0.1, 0.15) is 17.3 Å². The van der Waals surface area contributed by atoms with E-state index in [9.17, 15) is 4.79 Å². The molecule has 0 aromatic heterocycles. The van der Waals surface area contributed by atoms with E-state index in [0.29, 0.717) is 26.8 Å². The van der Waals surface area contributed by atoms with E-state index in [2.05, 4.69) is 22.9 Å². The van der Waals surface area contributed by atoms with Crippen molar-refractivity contribution in [2.75, 3.05) is 25.7 Å². The van der Waals surface area contributed by atoms with Crippen molar-refractivity contribution in [1.29, 1.82) is 0 Å². The maximum Gasteiger partial charge on any atom is 0.180 e. The SMILES string of the molecule is COc1ccc(C(=O)C2SCCSC2C)c(OC)c1Br. The Balaban J connectivity index is 2.36. The van der Waals surface area contributed by atoms with Crippen LogP contribution in [-0.2, 0) is 0 Å². The van der Waals surface area contributed by atoms with Crippen molar-refractivity contribution >= 4 is 45.2 Å². The van der Waals surface area contributed by atoms with Crippen LogP contribution in [-0.4, -0.2) is 42.0 Å². The van der Waals surface area contributed by atoms with E-state index < -0.39 is 0 Å². The van der Waals surface area contributed by atoms with Gasteiger partial charge in [0.25, 0.3) is 0 Å². The summed E-state index contributed by atoms with van der Waals surface area (Å²) in [7, 11) is 3.17. The zero-order valence-corrected chi connectivity index (χ0v) is 14.9. The van der Waals surface area contributed by atoms with Gasteiger partial charge in [-0.3, -0.25) is 4.79 Å². The van der Waals surface area contributed by atoms with E-state index in [1.54, 1.807) is 38.1 Å². The van der Waals surface area contributed by atoms with Crippen molar-refractivity contribution in [3.05, 3.63) is 22.2 Å². The fraction of sp³-hybridized carbons (Fsp3) is 0.500. The van der Waals surface area contributed by atoms with Crippen molar-refractivity contribution in [3.8, 4) is 11.5 Å². The average molecular weight is 377 g/mol. The van der Waals surface area contributed by atoms with E-state index >= 15 is 0 Å². The molecule has 0 N–H and O–H groups in total. The van der Waals surface area contributed by atoms with Gasteiger partial charge in [-0.1, -0.05) is 6.92 Å². The highest BCUT2D eigenvalue weighted by molar-refractivity contribution is 9.10. The Hall–Kier alpha value is -0.330. The Morgan fingerprint density at radius 3 is 2.55 bits per heavy atom. The average Bonchev–Trinajstić information content (AvgIpc) is 2.46. The van der Waals surface area contributed by atoms with Crippen molar-refractivity contribution in [2.24, 2.45) is 0 Å². The molecule has 0 radical (unpaired) electrons. The quantitative estimate of drug-likeness (QED) is 0.744. The number of hydrogen-bond donors (Lipinski definition) is 0. The molecule has 6 heteroatoms. The third-order valence-corrected chi connectivity index (χ3v) is 7.04. The predicted octanol–water partition coefficient (Wildman–Crippen LogP) is 3.89. The third kappa shape index (κ3) is 3.12. The van der Waals surface area contributed by atoms with Gasteiger partial charge in [-0.05, 0) is 28.1 Å². The molecule has 1 saturated heterocycles. The van der Waals surface area contributed by atoms with E-state index in [1.165, 1.54) is 0 Å². The van der Waals surface area contributed by atoms with Crippen molar-refractivity contribution < 1.29 is 14.3 Å². The van der Waals surface area contributed by atoms with Crippen molar-refractivity contribution in [2.45, 2.75) is 17.4 Å². The lowest BCUT2D eigenvalue weighted by molar-refractivity contribution is 0.0986. The maximum absolute atomic E-state index is 12.8. The third-order valence-electron chi connectivity index (χ3n) is 3.20. The Labute approximate surface area is 136 Å². The number of methoxy groups -OCH3 is 2. The molecule has 1 aliphatic heterocycles. The fourth-order valence-electron chi connectivity index (χ4n) is 2.16. The molecule has 0 saturated carbocycles. The standard InChI is InChI=1S/C14H17BrO3S2/c1-8-14(20-7-6-19-8)12(16)9-4-5-10(17-2)11(15)13(9)18-3/h4-5,8,14H,6-7H2,1-3H3. The second kappa shape index (κ2) is 7.09. The van der Waals surface area contributed by atoms with E-state index in [-0.39, 0.29) is 11.0 Å². The van der Waals surface area contributed by atoms with Crippen LogP contribution in [0.15, 0.2) is 16.6 Å². The highest BCUT2D eigenvalue weighted by Crippen LogP contribution is 2.40. The minimum absolute atomic E-state index is 0.0112. The van der Waals surface area contributed by atoms with Gasteiger partial charge in [0.2, 0.25) is 0 Å². The number of hydrogen-bond acceptors (Lipinski definition) is 5. The minimum Gasteiger partial charge on any atom is -0.495 e. The first-order chi connectivity index (χ1) is 9.60. The molecule has 0 bridgehead atoms. The first kappa shape index (κ1) is 16.0.